The Morgan fingerprint density at radius 3 is 2.68 bits per heavy atom. The minimum atomic E-state index is -0.340. The van der Waals surface area contributed by atoms with Gasteiger partial charge in [0.15, 0.2) is 0 Å². The van der Waals surface area contributed by atoms with Crippen molar-refractivity contribution in [2.75, 3.05) is 23.3 Å². The first kappa shape index (κ1) is 24.1. The van der Waals surface area contributed by atoms with Crippen molar-refractivity contribution in [3.63, 3.8) is 0 Å². The number of carbonyl (C=O) groups excluding carboxylic acids is 3. The van der Waals surface area contributed by atoms with Gasteiger partial charge in [0.1, 0.15) is 27.0 Å². The van der Waals surface area contributed by atoms with Crippen molar-refractivity contribution in [1.29, 1.82) is 0 Å². The zero-order chi connectivity index (χ0) is 26.4. The monoisotopic (exact) mass is 526 g/mol. The van der Waals surface area contributed by atoms with E-state index in [1.165, 1.54) is 11.3 Å². The predicted molar refractivity (Wildman–Crippen MR) is 148 cm³/mol. The first-order valence-corrected chi connectivity index (χ1v) is 13.4. The summed E-state index contributed by atoms with van der Waals surface area (Å²) in [6.07, 6.45) is 2.95. The molecule has 1 saturated heterocycles. The van der Waals surface area contributed by atoms with Gasteiger partial charge in [-0.05, 0) is 68.1 Å². The zero-order valence-electron chi connectivity index (χ0n) is 21.1. The number of hydrogen-bond acceptors (Lipinski definition) is 6. The lowest BCUT2D eigenvalue weighted by Crippen LogP contribution is -2.35. The normalized spacial score (nSPS) is 16.6. The van der Waals surface area contributed by atoms with E-state index in [0.717, 1.165) is 23.1 Å². The van der Waals surface area contributed by atoms with Crippen LogP contribution in [0.25, 0.3) is 10.2 Å². The minimum absolute atomic E-state index is 0.132. The molecular weight excluding hydrogens is 500 g/mol. The van der Waals surface area contributed by atoms with E-state index in [2.05, 4.69) is 10.3 Å². The number of rotatable bonds is 6. The summed E-state index contributed by atoms with van der Waals surface area (Å²) in [6.45, 7) is 4.66. The Balaban J connectivity index is 1.33. The molecule has 2 aromatic carbocycles. The maximum absolute atomic E-state index is 13.5. The Morgan fingerprint density at radius 2 is 1.92 bits per heavy atom. The molecule has 1 fully saturated rings. The van der Waals surface area contributed by atoms with Gasteiger partial charge in [-0.2, -0.15) is 0 Å². The fourth-order valence-electron chi connectivity index (χ4n) is 5.28. The number of likely N-dealkylation sites (tertiary alicyclic amines) is 1. The Kier molecular flexibility index (Phi) is 6.07. The lowest BCUT2D eigenvalue weighted by atomic mass is 10.0. The SMILES string of the molecule is CC(=O)C[C@H]1CCN(C(=O)c2sc3nccc4c3c2NC(=O)N4c2ccc(Oc3ccccc3)cc2C)C1. The molecular formula is C29H26N4O4S. The summed E-state index contributed by atoms with van der Waals surface area (Å²) < 4.78 is 5.96. The molecule has 0 aliphatic carbocycles. The van der Waals surface area contributed by atoms with Crippen LogP contribution in [0.2, 0.25) is 0 Å². The molecule has 0 spiro atoms. The number of aromatic nitrogens is 1. The molecule has 2 aliphatic heterocycles. The second kappa shape index (κ2) is 9.57. The van der Waals surface area contributed by atoms with Crippen LogP contribution >= 0.6 is 11.3 Å². The van der Waals surface area contributed by atoms with Crippen molar-refractivity contribution < 1.29 is 19.1 Å². The highest BCUT2D eigenvalue weighted by Crippen LogP contribution is 2.47. The molecule has 2 aliphatic rings. The number of pyridine rings is 1. The molecule has 6 rings (SSSR count). The third-order valence-corrected chi connectivity index (χ3v) is 8.06. The molecule has 9 heteroatoms. The number of benzene rings is 2. The van der Waals surface area contributed by atoms with Crippen LogP contribution < -0.4 is 15.0 Å². The largest absolute Gasteiger partial charge is 0.457 e. The summed E-state index contributed by atoms with van der Waals surface area (Å²) >= 11 is 1.29. The molecule has 0 radical (unpaired) electrons. The van der Waals surface area contributed by atoms with Gasteiger partial charge in [-0.15, -0.1) is 11.3 Å². The summed E-state index contributed by atoms with van der Waals surface area (Å²) in [5, 5.41) is 3.73. The van der Waals surface area contributed by atoms with Crippen LogP contribution in [0.3, 0.4) is 0 Å². The smallest absolute Gasteiger partial charge is 0.331 e. The highest BCUT2D eigenvalue weighted by Gasteiger charge is 2.36. The molecule has 1 N–H and O–H groups in total. The van der Waals surface area contributed by atoms with E-state index in [9.17, 15) is 14.4 Å². The van der Waals surface area contributed by atoms with E-state index < -0.39 is 0 Å². The Morgan fingerprint density at radius 1 is 1.11 bits per heavy atom. The number of urea groups is 1. The van der Waals surface area contributed by atoms with Crippen LogP contribution in [0, 0.1) is 12.8 Å². The molecule has 0 unspecified atom stereocenters. The third-order valence-electron chi connectivity index (χ3n) is 6.98. The molecule has 192 valence electrons. The average molecular weight is 527 g/mol. The summed E-state index contributed by atoms with van der Waals surface area (Å²) in [5.74, 6) is 1.59. The first-order chi connectivity index (χ1) is 18.4. The van der Waals surface area contributed by atoms with Crippen molar-refractivity contribution in [3.8, 4) is 11.5 Å². The molecule has 38 heavy (non-hydrogen) atoms. The zero-order valence-corrected chi connectivity index (χ0v) is 21.9. The Labute approximate surface area is 223 Å². The third kappa shape index (κ3) is 4.28. The number of aryl methyl sites for hydroxylation is 1. The van der Waals surface area contributed by atoms with E-state index in [4.69, 9.17) is 4.74 Å². The predicted octanol–water partition coefficient (Wildman–Crippen LogP) is 6.52. The second-order valence-corrected chi connectivity index (χ2v) is 10.8. The van der Waals surface area contributed by atoms with Crippen LogP contribution in [0.5, 0.6) is 11.5 Å². The number of amides is 3. The van der Waals surface area contributed by atoms with Gasteiger partial charge in [0.05, 0.1) is 22.4 Å². The van der Waals surface area contributed by atoms with Gasteiger partial charge in [-0.1, -0.05) is 18.2 Å². The van der Waals surface area contributed by atoms with E-state index in [0.29, 0.717) is 52.0 Å². The van der Waals surface area contributed by atoms with Gasteiger partial charge in [0.25, 0.3) is 5.91 Å². The maximum Gasteiger partial charge on any atom is 0.331 e. The van der Waals surface area contributed by atoms with E-state index in [-0.39, 0.29) is 23.6 Å². The lowest BCUT2D eigenvalue weighted by Gasteiger charge is -2.30. The van der Waals surface area contributed by atoms with Gasteiger partial charge >= 0.3 is 6.03 Å². The van der Waals surface area contributed by atoms with E-state index in [1.807, 2.05) is 55.5 Å². The highest BCUT2D eigenvalue weighted by atomic mass is 32.1. The topological polar surface area (TPSA) is 91.8 Å². The summed E-state index contributed by atoms with van der Waals surface area (Å²) in [6, 6.07) is 16.6. The van der Waals surface area contributed by atoms with Gasteiger partial charge in [-0.3, -0.25) is 9.69 Å². The number of nitrogens with one attached hydrogen (secondary N) is 1. The minimum Gasteiger partial charge on any atom is -0.457 e. The number of thiophene rings is 1. The highest BCUT2D eigenvalue weighted by molar-refractivity contribution is 7.21. The summed E-state index contributed by atoms with van der Waals surface area (Å²) in [7, 11) is 0. The van der Waals surface area contributed by atoms with Crippen LogP contribution in [0.15, 0.2) is 60.8 Å². The van der Waals surface area contributed by atoms with Gasteiger partial charge in [0, 0.05) is 25.7 Å². The van der Waals surface area contributed by atoms with Crippen LogP contribution in [0.1, 0.15) is 35.0 Å². The fourth-order valence-corrected chi connectivity index (χ4v) is 6.36. The molecule has 4 heterocycles. The molecule has 0 bridgehead atoms. The number of ketones is 1. The number of hydrogen-bond donors (Lipinski definition) is 1. The maximum atomic E-state index is 13.5. The molecule has 0 saturated carbocycles. The van der Waals surface area contributed by atoms with Crippen molar-refractivity contribution >= 4 is 56.3 Å². The van der Waals surface area contributed by atoms with Crippen molar-refractivity contribution in [2.45, 2.75) is 26.7 Å². The Bertz CT molecular complexity index is 1580. The van der Waals surface area contributed by atoms with Crippen molar-refractivity contribution in [2.24, 2.45) is 5.92 Å². The number of Topliss-reactive ketones (excluding diaryl/α,β-unsaturated/α-hetero) is 1. The molecule has 3 amide bonds. The van der Waals surface area contributed by atoms with Crippen molar-refractivity contribution in [3.05, 3.63) is 71.2 Å². The molecule has 1 atom stereocenters. The lowest BCUT2D eigenvalue weighted by molar-refractivity contribution is -0.117. The molecule has 8 nitrogen and oxygen atoms in total. The van der Waals surface area contributed by atoms with Gasteiger partial charge in [-0.25, -0.2) is 9.78 Å². The standard InChI is InChI=1S/C29H26N4O4S/c1-17-14-21(37-20-6-4-3-5-7-20)8-9-22(17)33-23-10-12-30-27-24(23)25(31-29(33)36)26(38-27)28(35)32-13-11-19(16-32)15-18(2)34/h3-10,12,14,19H,11,13,15-16H2,1-2H3,(H,31,36)/t19-/m1/s1. The Hall–Kier alpha value is -4.24. The van der Waals surface area contributed by atoms with Gasteiger partial charge < -0.3 is 19.7 Å². The van der Waals surface area contributed by atoms with Crippen LogP contribution in [0.4, 0.5) is 21.9 Å². The van der Waals surface area contributed by atoms with Crippen LogP contribution in [-0.4, -0.2) is 40.7 Å². The van der Waals surface area contributed by atoms with Crippen LogP contribution in [-0.2, 0) is 4.79 Å². The number of ether oxygens (including phenoxy) is 1. The average Bonchev–Trinajstić information content (AvgIpc) is 3.50. The molecule has 2 aromatic heterocycles. The van der Waals surface area contributed by atoms with E-state index in [1.54, 1.807) is 29.0 Å². The second-order valence-electron chi connectivity index (χ2n) is 9.76. The summed E-state index contributed by atoms with van der Waals surface area (Å²) in [4.78, 5) is 47.6. The quantitative estimate of drug-likeness (QED) is 0.309. The first-order valence-electron chi connectivity index (χ1n) is 12.5. The van der Waals surface area contributed by atoms with Crippen molar-refractivity contribution in [1.82, 2.24) is 9.88 Å². The van der Waals surface area contributed by atoms with Gasteiger partial charge in [0.2, 0.25) is 0 Å². The summed E-state index contributed by atoms with van der Waals surface area (Å²) in [5.41, 5.74) is 2.77. The molecule has 4 aromatic rings. The fraction of sp³-hybridized carbons (Fsp3) is 0.241. The number of anilines is 3. The number of nitrogens with zero attached hydrogens (tertiary/aromatic N) is 3. The van der Waals surface area contributed by atoms with E-state index >= 15 is 0 Å². The number of carbonyl (C=O) groups is 3. The number of para-hydroxylation sites is 1.